The Labute approximate surface area is 130 Å². The number of fused-ring (bicyclic) bond motifs is 1. The molecular weight excluding hydrogens is 298 g/mol. The topological polar surface area (TPSA) is 89.8 Å². The lowest BCUT2D eigenvalue weighted by atomic mass is 10.2. The molecule has 108 valence electrons. The van der Waals surface area contributed by atoms with Crippen LogP contribution in [0.2, 0.25) is 0 Å². The Hall–Kier alpha value is -3.11. The molecule has 22 heavy (non-hydrogen) atoms. The SMILES string of the molecule is N#Cc1cccc(NC(=O)NNc2nc3ccccc3s2)c1. The van der Waals surface area contributed by atoms with Crippen molar-refractivity contribution in [2.45, 2.75) is 0 Å². The molecule has 0 aliphatic rings. The van der Waals surface area contributed by atoms with E-state index in [1.54, 1.807) is 24.3 Å². The zero-order chi connectivity index (χ0) is 15.4. The zero-order valence-electron chi connectivity index (χ0n) is 11.3. The summed E-state index contributed by atoms with van der Waals surface area (Å²) in [6.07, 6.45) is 0. The van der Waals surface area contributed by atoms with E-state index in [2.05, 4.69) is 21.2 Å². The van der Waals surface area contributed by atoms with Crippen LogP contribution in [-0.2, 0) is 0 Å². The number of thiazole rings is 1. The minimum absolute atomic E-state index is 0.436. The van der Waals surface area contributed by atoms with Crippen LogP contribution in [0.25, 0.3) is 10.2 Å². The van der Waals surface area contributed by atoms with Gasteiger partial charge in [0.2, 0.25) is 5.13 Å². The van der Waals surface area contributed by atoms with Crippen molar-refractivity contribution in [3.63, 3.8) is 0 Å². The summed E-state index contributed by atoms with van der Waals surface area (Å²) in [5, 5.41) is 12.1. The summed E-state index contributed by atoms with van der Waals surface area (Å²) in [4.78, 5) is 16.2. The third kappa shape index (κ3) is 3.13. The fourth-order valence-corrected chi connectivity index (χ4v) is 2.68. The predicted octanol–water partition coefficient (Wildman–Crippen LogP) is 3.32. The molecule has 3 N–H and O–H groups in total. The normalized spacial score (nSPS) is 9.95. The van der Waals surface area contributed by atoms with Crippen LogP contribution in [0.15, 0.2) is 48.5 Å². The van der Waals surface area contributed by atoms with Gasteiger partial charge in [0, 0.05) is 5.69 Å². The van der Waals surface area contributed by atoms with Gasteiger partial charge >= 0.3 is 6.03 Å². The largest absolute Gasteiger partial charge is 0.337 e. The highest BCUT2D eigenvalue weighted by atomic mass is 32.1. The Morgan fingerprint density at radius 1 is 1.18 bits per heavy atom. The number of hydrazine groups is 1. The molecule has 2 amide bonds. The first-order valence-electron chi connectivity index (χ1n) is 6.43. The molecule has 1 aromatic heterocycles. The maximum absolute atomic E-state index is 11.8. The summed E-state index contributed by atoms with van der Waals surface area (Å²) in [5.41, 5.74) is 7.18. The highest BCUT2D eigenvalue weighted by molar-refractivity contribution is 7.22. The molecule has 0 atom stereocenters. The Kier molecular flexibility index (Phi) is 3.85. The number of carbonyl (C=O) groups excluding carboxylic acids is 1. The van der Waals surface area contributed by atoms with Crippen LogP contribution >= 0.6 is 11.3 Å². The maximum Gasteiger partial charge on any atom is 0.337 e. The van der Waals surface area contributed by atoms with E-state index in [0.717, 1.165) is 10.2 Å². The number of nitriles is 1. The van der Waals surface area contributed by atoms with Crippen LogP contribution in [0.3, 0.4) is 0 Å². The lowest BCUT2D eigenvalue weighted by Crippen LogP contribution is -2.33. The number of aromatic nitrogens is 1. The molecule has 0 aliphatic carbocycles. The van der Waals surface area contributed by atoms with Gasteiger partial charge in [0.25, 0.3) is 0 Å². The number of hydrogen-bond acceptors (Lipinski definition) is 5. The number of nitrogens with zero attached hydrogens (tertiary/aromatic N) is 2. The van der Waals surface area contributed by atoms with E-state index < -0.39 is 6.03 Å². The molecule has 7 heteroatoms. The summed E-state index contributed by atoms with van der Waals surface area (Å²) in [6.45, 7) is 0. The van der Waals surface area contributed by atoms with Crippen molar-refractivity contribution in [1.82, 2.24) is 10.4 Å². The van der Waals surface area contributed by atoms with Gasteiger partial charge in [-0.25, -0.2) is 15.2 Å². The molecule has 0 bridgehead atoms. The number of carbonyl (C=O) groups is 1. The predicted molar refractivity (Wildman–Crippen MR) is 86.6 cm³/mol. The Morgan fingerprint density at radius 2 is 2.05 bits per heavy atom. The fourth-order valence-electron chi connectivity index (χ4n) is 1.86. The molecule has 6 nitrogen and oxygen atoms in total. The van der Waals surface area contributed by atoms with Gasteiger partial charge in [-0.1, -0.05) is 29.5 Å². The summed E-state index contributed by atoms with van der Waals surface area (Å²) in [6, 6.07) is 16.0. The van der Waals surface area contributed by atoms with E-state index in [-0.39, 0.29) is 0 Å². The van der Waals surface area contributed by atoms with E-state index in [9.17, 15) is 4.79 Å². The second-order valence-electron chi connectivity index (χ2n) is 4.38. The van der Waals surface area contributed by atoms with Crippen molar-refractivity contribution in [1.29, 1.82) is 5.26 Å². The van der Waals surface area contributed by atoms with Gasteiger partial charge in [0.15, 0.2) is 0 Å². The first-order chi connectivity index (χ1) is 10.7. The number of benzene rings is 2. The second-order valence-corrected chi connectivity index (χ2v) is 5.41. The van der Waals surface area contributed by atoms with Crippen LogP contribution in [0, 0.1) is 11.3 Å². The summed E-state index contributed by atoms with van der Waals surface area (Å²) >= 11 is 1.44. The van der Waals surface area contributed by atoms with Gasteiger partial charge in [-0.15, -0.1) is 0 Å². The van der Waals surface area contributed by atoms with E-state index in [1.165, 1.54) is 11.3 Å². The summed E-state index contributed by atoms with van der Waals surface area (Å²) in [7, 11) is 0. The Bertz CT molecular complexity index is 834. The van der Waals surface area contributed by atoms with Crippen LogP contribution < -0.4 is 16.2 Å². The van der Waals surface area contributed by atoms with Crippen LogP contribution in [0.4, 0.5) is 15.6 Å². The van der Waals surface area contributed by atoms with Crippen LogP contribution in [-0.4, -0.2) is 11.0 Å². The summed E-state index contributed by atoms with van der Waals surface area (Å²) in [5.74, 6) is 0. The lowest BCUT2D eigenvalue weighted by Gasteiger charge is -2.07. The summed E-state index contributed by atoms with van der Waals surface area (Å²) < 4.78 is 1.04. The number of nitrogens with one attached hydrogen (secondary N) is 3. The number of para-hydroxylation sites is 1. The molecule has 1 heterocycles. The molecule has 0 aliphatic heterocycles. The molecule has 3 rings (SSSR count). The third-order valence-corrected chi connectivity index (χ3v) is 3.78. The Balaban J connectivity index is 1.61. The average molecular weight is 309 g/mol. The van der Waals surface area contributed by atoms with Gasteiger partial charge in [0.1, 0.15) is 0 Å². The first kappa shape index (κ1) is 13.9. The van der Waals surface area contributed by atoms with E-state index in [0.29, 0.717) is 16.4 Å². The second kappa shape index (κ2) is 6.11. The van der Waals surface area contributed by atoms with E-state index >= 15 is 0 Å². The smallest absolute Gasteiger partial charge is 0.307 e. The van der Waals surface area contributed by atoms with Gasteiger partial charge in [-0.3, -0.25) is 5.43 Å². The van der Waals surface area contributed by atoms with Crippen LogP contribution in [0.5, 0.6) is 0 Å². The van der Waals surface area contributed by atoms with E-state index in [1.807, 2.05) is 30.3 Å². The quantitative estimate of drug-likeness (QED) is 0.647. The average Bonchev–Trinajstić information content (AvgIpc) is 2.96. The number of hydrogen-bond donors (Lipinski definition) is 3. The Morgan fingerprint density at radius 3 is 2.86 bits per heavy atom. The molecular formula is C15H11N5OS. The molecule has 0 radical (unpaired) electrons. The van der Waals surface area contributed by atoms with E-state index in [4.69, 9.17) is 5.26 Å². The molecule has 0 saturated heterocycles. The van der Waals surface area contributed by atoms with Gasteiger partial charge in [-0.05, 0) is 30.3 Å². The maximum atomic E-state index is 11.8. The standard InChI is InChI=1S/C15H11N5OS/c16-9-10-4-3-5-11(8-10)17-14(21)19-20-15-18-12-6-1-2-7-13(12)22-15/h1-8H,(H,18,20)(H2,17,19,21). The fraction of sp³-hybridized carbons (Fsp3) is 0. The van der Waals surface area contributed by atoms with Crippen molar-refractivity contribution in [2.24, 2.45) is 0 Å². The minimum atomic E-state index is -0.436. The van der Waals surface area contributed by atoms with Gasteiger partial charge in [0.05, 0.1) is 21.8 Å². The van der Waals surface area contributed by atoms with Crippen molar-refractivity contribution < 1.29 is 4.79 Å². The number of urea groups is 1. The van der Waals surface area contributed by atoms with Crippen molar-refractivity contribution in [3.05, 3.63) is 54.1 Å². The lowest BCUT2D eigenvalue weighted by molar-refractivity contribution is 0.254. The molecule has 0 spiro atoms. The molecule has 0 fully saturated rings. The molecule has 0 unspecified atom stereocenters. The highest BCUT2D eigenvalue weighted by Crippen LogP contribution is 2.24. The van der Waals surface area contributed by atoms with Crippen molar-refractivity contribution in [3.8, 4) is 6.07 Å². The number of anilines is 2. The highest BCUT2D eigenvalue weighted by Gasteiger charge is 2.05. The first-order valence-corrected chi connectivity index (χ1v) is 7.25. The molecule has 0 saturated carbocycles. The van der Waals surface area contributed by atoms with Crippen molar-refractivity contribution >= 4 is 38.4 Å². The number of amides is 2. The third-order valence-electron chi connectivity index (χ3n) is 2.83. The monoisotopic (exact) mass is 309 g/mol. The molecule has 3 aromatic rings. The number of rotatable bonds is 3. The zero-order valence-corrected chi connectivity index (χ0v) is 12.1. The van der Waals surface area contributed by atoms with Gasteiger partial charge in [-0.2, -0.15) is 5.26 Å². The van der Waals surface area contributed by atoms with Crippen LogP contribution in [0.1, 0.15) is 5.56 Å². The van der Waals surface area contributed by atoms with Gasteiger partial charge < -0.3 is 5.32 Å². The molecule has 2 aromatic carbocycles. The minimum Gasteiger partial charge on any atom is -0.307 e. The van der Waals surface area contributed by atoms with Crippen molar-refractivity contribution in [2.75, 3.05) is 10.7 Å².